The highest BCUT2D eigenvalue weighted by Crippen LogP contribution is 2.34. The Bertz CT molecular complexity index is 599. The summed E-state index contributed by atoms with van der Waals surface area (Å²) in [7, 11) is 3.25. The van der Waals surface area contributed by atoms with E-state index in [1.807, 2.05) is 18.2 Å². The topological polar surface area (TPSA) is 63.6 Å². The third-order valence-electron chi connectivity index (χ3n) is 3.36. The number of hydrogen-bond donors (Lipinski definition) is 2. The maximum absolute atomic E-state index is 9.27. The van der Waals surface area contributed by atoms with Gasteiger partial charge >= 0.3 is 0 Å². The standard InChI is InChI=1S/C16H22N2O3/c1-11(19)5-4-7-17-16-13-10-15(21-3)14(20-2)9-12(13)6-8-18-16/h6,8-11,19H,4-5,7H2,1-3H3,(H,17,18). The van der Waals surface area contributed by atoms with E-state index in [4.69, 9.17) is 9.47 Å². The zero-order chi connectivity index (χ0) is 15.2. The number of nitrogens with one attached hydrogen (secondary N) is 1. The zero-order valence-corrected chi connectivity index (χ0v) is 12.7. The van der Waals surface area contributed by atoms with E-state index in [9.17, 15) is 5.11 Å². The van der Waals surface area contributed by atoms with Crippen LogP contribution < -0.4 is 14.8 Å². The molecule has 0 bridgehead atoms. The molecule has 2 aromatic rings. The summed E-state index contributed by atoms with van der Waals surface area (Å²) in [4.78, 5) is 4.38. The smallest absolute Gasteiger partial charge is 0.161 e. The second kappa shape index (κ2) is 7.13. The number of aromatic nitrogens is 1. The van der Waals surface area contributed by atoms with Crippen LogP contribution in [0.3, 0.4) is 0 Å². The van der Waals surface area contributed by atoms with Gasteiger partial charge in [0.05, 0.1) is 20.3 Å². The first-order valence-corrected chi connectivity index (χ1v) is 7.08. The SMILES string of the molecule is COc1cc2ccnc(NCCCC(C)O)c2cc1OC. The van der Waals surface area contributed by atoms with Crippen LogP contribution in [0.15, 0.2) is 24.4 Å². The van der Waals surface area contributed by atoms with Crippen LogP contribution in [0.25, 0.3) is 10.8 Å². The minimum Gasteiger partial charge on any atom is -0.493 e. The van der Waals surface area contributed by atoms with Gasteiger partial charge in [0.25, 0.3) is 0 Å². The number of pyridine rings is 1. The lowest BCUT2D eigenvalue weighted by atomic mass is 10.1. The quantitative estimate of drug-likeness (QED) is 0.768. The first kappa shape index (κ1) is 15.4. The average molecular weight is 290 g/mol. The van der Waals surface area contributed by atoms with Crippen LogP contribution in [0.5, 0.6) is 11.5 Å². The number of fused-ring (bicyclic) bond motifs is 1. The van der Waals surface area contributed by atoms with Crippen LogP contribution in [0.4, 0.5) is 5.82 Å². The van der Waals surface area contributed by atoms with Crippen LogP contribution in [-0.4, -0.2) is 37.0 Å². The molecule has 0 aliphatic carbocycles. The second-order valence-corrected chi connectivity index (χ2v) is 5.01. The van der Waals surface area contributed by atoms with Gasteiger partial charge in [0.2, 0.25) is 0 Å². The number of nitrogens with zero attached hydrogens (tertiary/aromatic N) is 1. The van der Waals surface area contributed by atoms with Crippen molar-refractivity contribution in [1.82, 2.24) is 4.98 Å². The summed E-state index contributed by atoms with van der Waals surface area (Å²) in [5.74, 6) is 2.21. The number of aliphatic hydroxyl groups is 1. The maximum atomic E-state index is 9.27. The first-order chi connectivity index (χ1) is 10.2. The van der Waals surface area contributed by atoms with E-state index >= 15 is 0 Å². The Hall–Kier alpha value is -2.01. The molecule has 5 heteroatoms. The third-order valence-corrected chi connectivity index (χ3v) is 3.36. The third kappa shape index (κ3) is 3.76. The number of hydrogen-bond acceptors (Lipinski definition) is 5. The van der Waals surface area contributed by atoms with Crippen LogP contribution >= 0.6 is 0 Å². The van der Waals surface area contributed by atoms with Gasteiger partial charge in [-0.1, -0.05) is 0 Å². The molecule has 5 nitrogen and oxygen atoms in total. The number of ether oxygens (including phenoxy) is 2. The second-order valence-electron chi connectivity index (χ2n) is 5.01. The molecule has 0 amide bonds. The van der Waals surface area contributed by atoms with Gasteiger partial charge in [-0.15, -0.1) is 0 Å². The van der Waals surface area contributed by atoms with Crippen LogP contribution in [0, 0.1) is 0 Å². The van der Waals surface area contributed by atoms with Crippen molar-refractivity contribution < 1.29 is 14.6 Å². The van der Waals surface area contributed by atoms with E-state index in [0.717, 1.165) is 36.0 Å². The lowest BCUT2D eigenvalue weighted by molar-refractivity contribution is 0.183. The van der Waals surface area contributed by atoms with Gasteiger partial charge in [-0.2, -0.15) is 0 Å². The molecular weight excluding hydrogens is 268 g/mol. The average Bonchev–Trinajstić information content (AvgIpc) is 2.49. The molecule has 2 rings (SSSR count). The van der Waals surface area contributed by atoms with Gasteiger partial charge in [0.1, 0.15) is 5.82 Å². The van der Waals surface area contributed by atoms with E-state index in [0.29, 0.717) is 11.5 Å². The first-order valence-electron chi connectivity index (χ1n) is 7.08. The van der Waals surface area contributed by atoms with Crippen LogP contribution in [0.1, 0.15) is 19.8 Å². The molecule has 0 fully saturated rings. The highest BCUT2D eigenvalue weighted by atomic mass is 16.5. The number of methoxy groups -OCH3 is 2. The zero-order valence-electron chi connectivity index (χ0n) is 12.7. The largest absolute Gasteiger partial charge is 0.493 e. The van der Waals surface area contributed by atoms with Gasteiger partial charge in [-0.25, -0.2) is 4.98 Å². The monoisotopic (exact) mass is 290 g/mol. The lowest BCUT2D eigenvalue weighted by Crippen LogP contribution is -2.07. The van der Waals surface area contributed by atoms with Crippen molar-refractivity contribution in [2.24, 2.45) is 0 Å². The van der Waals surface area contributed by atoms with Crippen molar-refractivity contribution in [1.29, 1.82) is 0 Å². The van der Waals surface area contributed by atoms with Gasteiger partial charge in [0, 0.05) is 18.1 Å². The molecule has 0 aliphatic heterocycles. The molecule has 21 heavy (non-hydrogen) atoms. The summed E-state index contributed by atoms with van der Waals surface area (Å²) < 4.78 is 10.7. The van der Waals surface area contributed by atoms with Gasteiger partial charge in [-0.3, -0.25) is 0 Å². The summed E-state index contributed by atoms with van der Waals surface area (Å²) in [5.41, 5.74) is 0. The molecule has 1 aromatic carbocycles. The summed E-state index contributed by atoms with van der Waals surface area (Å²) in [6, 6.07) is 5.81. The van der Waals surface area contributed by atoms with Crippen molar-refractivity contribution in [3.05, 3.63) is 24.4 Å². The molecule has 0 radical (unpaired) electrons. The summed E-state index contributed by atoms with van der Waals surface area (Å²) >= 11 is 0. The summed E-state index contributed by atoms with van der Waals surface area (Å²) in [6.07, 6.45) is 3.17. The predicted octanol–water partition coefficient (Wildman–Crippen LogP) is 2.82. The summed E-state index contributed by atoms with van der Waals surface area (Å²) in [5, 5.41) is 14.6. The van der Waals surface area contributed by atoms with E-state index in [-0.39, 0.29) is 6.10 Å². The number of anilines is 1. The number of benzene rings is 1. The Kier molecular flexibility index (Phi) is 5.22. The minimum atomic E-state index is -0.267. The van der Waals surface area contributed by atoms with Gasteiger partial charge in [-0.05, 0) is 43.4 Å². The fraction of sp³-hybridized carbons (Fsp3) is 0.438. The lowest BCUT2D eigenvalue weighted by Gasteiger charge is -2.12. The van der Waals surface area contributed by atoms with Crippen molar-refractivity contribution in [3.63, 3.8) is 0 Å². The van der Waals surface area contributed by atoms with Crippen molar-refractivity contribution in [2.45, 2.75) is 25.9 Å². The van der Waals surface area contributed by atoms with Gasteiger partial charge in [0.15, 0.2) is 11.5 Å². The molecule has 114 valence electrons. The fourth-order valence-electron chi connectivity index (χ4n) is 2.24. The Morgan fingerprint density at radius 1 is 1.24 bits per heavy atom. The highest BCUT2D eigenvalue weighted by Gasteiger charge is 2.09. The highest BCUT2D eigenvalue weighted by molar-refractivity contribution is 5.94. The van der Waals surface area contributed by atoms with Crippen LogP contribution in [-0.2, 0) is 0 Å². The van der Waals surface area contributed by atoms with Crippen molar-refractivity contribution in [2.75, 3.05) is 26.1 Å². The normalized spacial score (nSPS) is 12.2. The Labute approximate surface area is 124 Å². The molecule has 2 N–H and O–H groups in total. The molecule has 1 heterocycles. The molecule has 1 aromatic heterocycles. The van der Waals surface area contributed by atoms with E-state index in [2.05, 4.69) is 10.3 Å². The predicted molar refractivity (Wildman–Crippen MR) is 84.3 cm³/mol. The van der Waals surface area contributed by atoms with E-state index < -0.39 is 0 Å². The number of rotatable bonds is 7. The fourth-order valence-corrected chi connectivity index (χ4v) is 2.24. The molecule has 0 spiro atoms. The number of aliphatic hydroxyl groups excluding tert-OH is 1. The molecule has 0 aliphatic rings. The molecule has 0 saturated carbocycles. The molecule has 1 atom stereocenters. The van der Waals surface area contributed by atoms with Crippen molar-refractivity contribution >= 4 is 16.6 Å². The van der Waals surface area contributed by atoms with E-state index in [1.54, 1.807) is 27.3 Å². The summed E-state index contributed by atoms with van der Waals surface area (Å²) in [6.45, 7) is 2.57. The maximum Gasteiger partial charge on any atom is 0.161 e. The Balaban J connectivity index is 2.23. The van der Waals surface area contributed by atoms with E-state index in [1.165, 1.54) is 0 Å². The van der Waals surface area contributed by atoms with Crippen molar-refractivity contribution in [3.8, 4) is 11.5 Å². The Morgan fingerprint density at radius 2 is 1.95 bits per heavy atom. The minimum absolute atomic E-state index is 0.267. The van der Waals surface area contributed by atoms with Crippen LogP contribution in [0.2, 0.25) is 0 Å². The molecular formula is C16H22N2O3. The molecule has 0 saturated heterocycles. The molecule has 1 unspecified atom stereocenters. The Morgan fingerprint density at radius 3 is 2.62 bits per heavy atom. The van der Waals surface area contributed by atoms with Gasteiger partial charge < -0.3 is 19.9 Å².